The minimum Gasteiger partial charge on any atom is -0.317 e. The van der Waals surface area contributed by atoms with E-state index in [4.69, 9.17) is 0 Å². The minimum atomic E-state index is 0.451. The number of rotatable bonds is 5. The summed E-state index contributed by atoms with van der Waals surface area (Å²) < 4.78 is 2.05. The van der Waals surface area contributed by atoms with Crippen LogP contribution < -0.4 is 5.32 Å². The van der Waals surface area contributed by atoms with Gasteiger partial charge in [-0.1, -0.05) is 0 Å². The van der Waals surface area contributed by atoms with Crippen molar-refractivity contribution in [3.8, 4) is 0 Å². The smallest absolute Gasteiger partial charge is 0.0764 e. The summed E-state index contributed by atoms with van der Waals surface area (Å²) in [5.74, 6) is 0.769. The molecule has 0 spiro atoms. The second-order valence-corrected chi connectivity index (χ2v) is 6.10. The molecule has 0 radical (unpaired) electrons. The Hall–Kier alpha value is -0.870. The zero-order valence-electron chi connectivity index (χ0n) is 12.8. The fraction of sp³-hybridized carbons (Fsp3) is 0.800. The molecule has 1 N–H and O–H groups in total. The van der Waals surface area contributed by atoms with E-state index in [0.717, 1.165) is 12.5 Å². The number of aromatic nitrogens is 2. The van der Waals surface area contributed by atoms with E-state index in [2.05, 4.69) is 55.4 Å². The van der Waals surface area contributed by atoms with Gasteiger partial charge in [0.1, 0.15) is 0 Å². The van der Waals surface area contributed by atoms with Gasteiger partial charge in [0.15, 0.2) is 0 Å². The molecule has 4 heteroatoms. The van der Waals surface area contributed by atoms with Gasteiger partial charge >= 0.3 is 0 Å². The summed E-state index contributed by atoms with van der Waals surface area (Å²) in [6.45, 7) is 10.0. The molecule has 0 saturated carbocycles. The van der Waals surface area contributed by atoms with Gasteiger partial charge in [-0.15, -0.1) is 0 Å². The second-order valence-electron chi connectivity index (χ2n) is 6.10. The lowest BCUT2D eigenvalue weighted by molar-refractivity contribution is 0.145. The monoisotopic (exact) mass is 264 g/mol. The first kappa shape index (κ1) is 14.5. The summed E-state index contributed by atoms with van der Waals surface area (Å²) in [4.78, 5) is 2.55. The highest BCUT2D eigenvalue weighted by atomic mass is 15.3. The van der Waals surface area contributed by atoms with E-state index in [9.17, 15) is 0 Å². The molecule has 1 saturated heterocycles. The number of nitrogens with one attached hydrogen (secondary N) is 1. The standard InChI is InChI=1S/C15H28N4/c1-12(2)19-9-7-15(17-19)11-18-8-5-6-14(10-18)13(3)16-4/h7,9,12-14,16H,5-6,8,10-11H2,1-4H3. The molecule has 1 fully saturated rings. The van der Waals surface area contributed by atoms with Gasteiger partial charge < -0.3 is 5.32 Å². The van der Waals surface area contributed by atoms with Crippen LogP contribution in [0.5, 0.6) is 0 Å². The largest absolute Gasteiger partial charge is 0.317 e. The SMILES string of the molecule is CNC(C)C1CCCN(Cc2ccn(C(C)C)n2)C1. The fourth-order valence-electron chi connectivity index (χ4n) is 2.86. The normalized spacial score (nSPS) is 22.9. The van der Waals surface area contributed by atoms with Gasteiger partial charge in [0, 0.05) is 31.4 Å². The number of nitrogens with zero attached hydrogens (tertiary/aromatic N) is 3. The molecule has 2 heterocycles. The Balaban J connectivity index is 1.91. The quantitative estimate of drug-likeness (QED) is 0.886. The van der Waals surface area contributed by atoms with E-state index in [1.807, 2.05) is 4.68 Å². The molecule has 2 rings (SSSR count). The molecule has 1 aliphatic rings. The lowest BCUT2D eigenvalue weighted by Gasteiger charge is -2.35. The van der Waals surface area contributed by atoms with Crippen molar-refractivity contribution in [1.82, 2.24) is 20.0 Å². The molecule has 19 heavy (non-hydrogen) atoms. The third-order valence-electron chi connectivity index (χ3n) is 4.28. The summed E-state index contributed by atoms with van der Waals surface area (Å²) in [5, 5.41) is 8.04. The van der Waals surface area contributed by atoms with E-state index in [1.54, 1.807) is 0 Å². The third kappa shape index (κ3) is 3.80. The molecule has 0 amide bonds. The first-order valence-corrected chi connectivity index (χ1v) is 7.53. The van der Waals surface area contributed by atoms with Gasteiger partial charge in [-0.25, -0.2) is 0 Å². The predicted molar refractivity (Wildman–Crippen MR) is 79.1 cm³/mol. The molecule has 0 aliphatic carbocycles. The Bertz CT molecular complexity index is 385. The second kappa shape index (κ2) is 6.53. The number of piperidine rings is 1. The highest BCUT2D eigenvalue weighted by Crippen LogP contribution is 2.21. The van der Waals surface area contributed by atoms with Crippen molar-refractivity contribution < 1.29 is 0 Å². The summed E-state index contributed by atoms with van der Waals surface area (Å²) in [6, 6.07) is 3.22. The zero-order chi connectivity index (χ0) is 13.8. The number of hydrogen-bond acceptors (Lipinski definition) is 3. The predicted octanol–water partition coefficient (Wildman–Crippen LogP) is 2.28. The Kier molecular flexibility index (Phi) is 4.99. The summed E-state index contributed by atoms with van der Waals surface area (Å²) >= 11 is 0. The lowest BCUT2D eigenvalue weighted by atomic mass is 9.91. The zero-order valence-corrected chi connectivity index (χ0v) is 12.8. The van der Waals surface area contributed by atoms with Crippen molar-refractivity contribution in [3.05, 3.63) is 18.0 Å². The molecule has 108 valence electrons. The van der Waals surface area contributed by atoms with Crippen molar-refractivity contribution in [2.45, 2.75) is 52.2 Å². The summed E-state index contributed by atoms with van der Waals surface area (Å²) in [6.07, 6.45) is 4.75. The lowest BCUT2D eigenvalue weighted by Crippen LogP contribution is -2.43. The van der Waals surface area contributed by atoms with Crippen LogP contribution in [0.15, 0.2) is 12.3 Å². The van der Waals surface area contributed by atoms with E-state index in [-0.39, 0.29) is 0 Å². The number of hydrogen-bond donors (Lipinski definition) is 1. The molecule has 2 atom stereocenters. The van der Waals surface area contributed by atoms with Gasteiger partial charge in [0.2, 0.25) is 0 Å². The van der Waals surface area contributed by atoms with Gasteiger partial charge in [-0.3, -0.25) is 9.58 Å². The Morgan fingerprint density at radius 2 is 2.21 bits per heavy atom. The Labute approximate surface area is 117 Å². The molecular formula is C15H28N4. The minimum absolute atomic E-state index is 0.451. The number of likely N-dealkylation sites (tertiary alicyclic amines) is 1. The van der Waals surface area contributed by atoms with Gasteiger partial charge in [-0.05, 0) is 59.2 Å². The maximum Gasteiger partial charge on any atom is 0.0764 e. The van der Waals surface area contributed by atoms with Gasteiger partial charge in [-0.2, -0.15) is 5.10 Å². The third-order valence-corrected chi connectivity index (χ3v) is 4.28. The van der Waals surface area contributed by atoms with Gasteiger partial charge in [0.25, 0.3) is 0 Å². The molecule has 0 aromatic carbocycles. The van der Waals surface area contributed by atoms with Crippen LogP contribution in [-0.4, -0.2) is 40.9 Å². The molecule has 1 aromatic rings. The first-order chi connectivity index (χ1) is 9.10. The van der Waals surface area contributed by atoms with Gasteiger partial charge in [0.05, 0.1) is 5.69 Å². The van der Waals surface area contributed by atoms with Crippen LogP contribution >= 0.6 is 0 Å². The van der Waals surface area contributed by atoms with Crippen molar-refractivity contribution in [2.24, 2.45) is 5.92 Å². The van der Waals surface area contributed by atoms with Crippen LogP contribution in [0.1, 0.15) is 45.3 Å². The van der Waals surface area contributed by atoms with E-state index in [1.165, 1.54) is 31.6 Å². The van der Waals surface area contributed by atoms with Crippen LogP contribution in [0.4, 0.5) is 0 Å². The van der Waals surface area contributed by atoms with E-state index >= 15 is 0 Å². The van der Waals surface area contributed by atoms with Crippen molar-refractivity contribution >= 4 is 0 Å². The van der Waals surface area contributed by atoms with Crippen LogP contribution in [0.25, 0.3) is 0 Å². The highest BCUT2D eigenvalue weighted by molar-refractivity contribution is 5.00. The molecular weight excluding hydrogens is 236 g/mol. The molecule has 4 nitrogen and oxygen atoms in total. The molecule has 2 unspecified atom stereocenters. The van der Waals surface area contributed by atoms with Crippen LogP contribution in [-0.2, 0) is 6.54 Å². The summed E-state index contributed by atoms with van der Waals surface area (Å²) in [5.41, 5.74) is 1.20. The molecule has 1 aromatic heterocycles. The van der Waals surface area contributed by atoms with Crippen molar-refractivity contribution in [3.63, 3.8) is 0 Å². The van der Waals surface area contributed by atoms with Crippen molar-refractivity contribution in [1.29, 1.82) is 0 Å². The maximum absolute atomic E-state index is 4.65. The van der Waals surface area contributed by atoms with Crippen molar-refractivity contribution in [2.75, 3.05) is 20.1 Å². The average Bonchev–Trinajstić information content (AvgIpc) is 2.87. The Morgan fingerprint density at radius 1 is 1.42 bits per heavy atom. The van der Waals surface area contributed by atoms with E-state index in [0.29, 0.717) is 12.1 Å². The van der Waals surface area contributed by atoms with E-state index < -0.39 is 0 Å². The summed E-state index contributed by atoms with van der Waals surface area (Å²) in [7, 11) is 2.06. The average molecular weight is 264 g/mol. The maximum atomic E-state index is 4.65. The highest BCUT2D eigenvalue weighted by Gasteiger charge is 2.24. The molecule has 1 aliphatic heterocycles. The Morgan fingerprint density at radius 3 is 2.84 bits per heavy atom. The first-order valence-electron chi connectivity index (χ1n) is 7.53. The fourth-order valence-corrected chi connectivity index (χ4v) is 2.86. The van der Waals surface area contributed by atoms with Crippen LogP contribution in [0.2, 0.25) is 0 Å². The van der Waals surface area contributed by atoms with Crippen LogP contribution in [0, 0.1) is 5.92 Å². The topological polar surface area (TPSA) is 33.1 Å². The van der Waals surface area contributed by atoms with Crippen LogP contribution in [0.3, 0.4) is 0 Å². The molecule has 0 bridgehead atoms.